The summed E-state index contributed by atoms with van der Waals surface area (Å²) in [6.45, 7) is 6.64. The molecule has 0 unspecified atom stereocenters. The zero-order chi connectivity index (χ0) is 18.5. The fourth-order valence-electron chi connectivity index (χ4n) is 3.39. The van der Waals surface area contributed by atoms with Crippen molar-refractivity contribution in [2.24, 2.45) is 0 Å². The minimum atomic E-state index is -0.197. The van der Waals surface area contributed by atoms with Crippen LogP contribution >= 0.6 is 0 Å². The highest BCUT2D eigenvalue weighted by Gasteiger charge is 2.24. The fraction of sp³-hybridized carbons (Fsp3) is 0.381. The highest BCUT2D eigenvalue weighted by Crippen LogP contribution is 2.24. The number of anilines is 1. The molecule has 0 spiro atoms. The van der Waals surface area contributed by atoms with E-state index in [2.05, 4.69) is 16.3 Å². The van der Waals surface area contributed by atoms with Gasteiger partial charge in [0.25, 0.3) is 0 Å². The van der Waals surface area contributed by atoms with E-state index < -0.39 is 0 Å². The van der Waals surface area contributed by atoms with Gasteiger partial charge in [0.05, 0.1) is 29.5 Å². The second kappa shape index (κ2) is 8.31. The van der Waals surface area contributed by atoms with Crippen LogP contribution in [-0.4, -0.2) is 25.3 Å². The van der Waals surface area contributed by atoms with E-state index in [9.17, 15) is 4.39 Å². The van der Waals surface area contributed by atoms with E-state index in [-0.39, 0.29) is 18.0 Å². The molecular weight excluding hydrogens is 329 g/mol. The van der Waals surface area contributed by atoms with Gasteiger partial charge in [-0.25, -0.2) is 4.39 Å². The molecule has 1 aliphatic rings. The van der Waals surface area contributed by atoms with E-state index in [0.29, 0.717) is 37.4 Å². The monoisotopic (exact) mass is 353 g/mol. The number of hydrogen-bond acceptors (Lipinski definition) is 4. The van der Waals surface area contributed by atoms with Crippen molar-refractivity contribution in [2.75, 3.05) is 18.0 Å². The van der Waals surface area contributed by atoms with Gasteiger partial charge in [-0.15, -0.1) is 0 Å². The predicted molar refractivity (Wildman–Crippen MR) is 100 cm³/mol. The van der Waals surface area contributed by atoms with Gasteiger partial charge >= 0.3 is 0 Å². The average Bonchev–Trinajstić information content (AvgIpc) is 2.61. The van der Waals surface area contributed by atoms with E-state index >= 15 is 0 Å². The summed E-state index contributed by atoms with van der Waals surface area (Å²) in [6.07, 6.45) is 0.201. The summed E-state index contributed by atoms with van der Waals surface area (Å²) in [5.74, 6) is -0.197. The van der Waals surface area contributed by atoms with Crippen LogP contribution in [-0.2, 0) is 17.8 Å². The number of benzene rings is 2. The molecule has 1 N–H and O–H groups in total. The third-order valence-corrected chi connectivity index (χ3v) is 4.49. The topological polar surface area (TPSA) is 48.3 Å². The van der Waals surface area contributed by atoms with E-state index in [1.54, 1.807) is 12.1 Å². The SMILES string of the molecule is C[C@@H]1CN(c2ccc(CNCc3cccc(C#N)c3)cc2F)C[C@H](C)O1. The first kappa shape index (κ1) is 18.4. The van der Waals surface area contributed by atoms with Crippen molar-refractivity contribution < 1.29 is 9.13 Å². The van der Waals surface area contributed by atoms with E-state index in [0.717, 1.165) is 11.1 Å². The summed E-state index contributed by atoms with van der Waals surface area (Å²) >= 11 is 0. The molecule has 5 heteroatoms. The van der Waals surface area contributed by atoms with Crippen molar-refractivity contribution in [3.63, 3.8) is 0 Å². The van der Waals surface area contributed by atoms with E-state index in [1.165, 1.54) is 0 Å². The Kier molecular flexibility index (Phi) is 5.87. The average molecular weight is 353 g/mol. The molecule has 2 aromatic rings. The molecule has 136 valence electrons. The Morgan fingerprint density at radius 3 is 2.46 bits per heavy atom. The highest BCUT2D eigenvalue weighted by atomic mass is 19.1. The van der Waals surface area contributed by atoms with Crippen LogP contribution in [0, 0.1) is 17.1 Å². The molecule has 3 rings (SSSR count). The van der Waals surface area contributed by atoms with Gasteiger partial charge in [-0.05, 0) is 49.2 Å². The van der Waals surface area contributed by atoms with Crippen LogP contribution in [0.1, 0.15) is 30.5 Å². The zero-order valence-electron chi connectivity index (χ0n) is 15.2. The van der Waals surface area contributed by atoms with Crippen LogP contribution in [0.25, 0.3) is 0 Å². The molecule has 4 nitrogen and oxygen atoms in total. The Hall–Kier alpha value is -2.42. The molecule has 0 amide bonds. The van der Waals surface area contributed by atoms with Crippen molar-refractivity contribution in [1.82, 2.24) is 5.32 Å². The summed E-state index contributed by atoms with van der Waals surface area (Å²) in [7, 11) is 0. The lowest BCUT2D eigenvalue weighted by atomic mass is 10.1. The minimum Gasteiger partial charge on any atom is -0.372 e. The molecule has 1 saturated heterocycles. The van der Waals surface area contributed by atoms with Crippen molar-refractivity contribution >= 4 is 5.69 Å². The minimum absolute atomic E-state index is 0.101. The van der Waals surface area contributed by atoms with Gasteiger partial charge in [-0.2, -0.15) is 5.26 Å². The van der Waals surface area contributed by atoms with Crippen molar-refractivity contribution in [3.8, 4) is 6.07 Å². The maximum atomic E-state index is 14.6. The number of nitrogens with one attached hydrogen (secondary N) is 1. The molecule has 26 heavy (non-hydrogen) atoms. The molecular formula is C21H24FN3O. The fourth-order valence-corrected chi connectivity index (χ4v) is 3.39. The molecule has 0 bridgehead atoms. The molecule has 1 fully saturated rings. The predicted octanol–water partition coefficient (Wildman–Crippen LogP) is 3.60. The summed E-state index contributed by atoms with van der Waals surface area (Å²) in [6, 6.07) is 15.0. The van der Waals surface area contributed by atoms with E-state index in [4.69, 9.17) is 10.00 Å². The first-order chi connectivity index (χ1) is 12.5. The number of nitrogens with zero attached hydrogens (tertiary/aromatic N) is 2. The van der Waals surface area contributed by atoms with Gasteiger partial charge in [-0.1, -0.05) is 18.2 Å². The van der Waals surface area contributed by atoms with Crippen molar-refractivity contribution in [1.29, 1.82) is 5.26 Å². The number of morpholine rings is 1. The smallest absolute Gasteiger partial charge is 0.146 e. The second-order valence-corrected chi connectivity index (χ2v) is 6.86. The van der Waals surface area contributed by atoms with Gasteiger partial charge in [0.1, 0.15) is 5.82 Å². The van der Waals surface area contributed by atoms with Crippen LogP contribution in [0.15, 0.2) is 42.5 Å². The van der Waals surface area contributed by atoms with Crippen LogP contribution in [0.2, 0.25) is 0 Å². The molecule has 0 aliphatic carbocycles. The van der Waals surface area contributed by atoms with Crippen LogP contribution < -0.4 is 10.2 Å². The zero-order valence-corrected chi connectivity index (χ0v) is 15.2. The Bertz CT molecular complexity index is 792. The van der Waals surface area contributed by atoms with Crippen LogP contribution in [0.4, 0.5) is 10.1 Å². The Labute approximate surface area is 154 Å². The lowest BCUT2D eigenvalue weighted by molar-refractivity contribution is -0.00539. The summed E-state index contributed by atoms with van der Waals surface area (Å²) < 4.78 is 20.3. The summed E-state index contributed by atoms with van der Waals surface area (Å²) in [5.41, 5.74) is 3.22. The summed E-state index contributed by atoms with van der Waals surface area (Å²) in [4.78, 5) is 2.05. The lowest BCUT2D eigenvalue weighted by Crippen LogP contribution is -2.45. The molecule has 0 aromatic heterocycles. The quantitative estimate of drug-likeness (QED) is 0.892. The first-order valence-electron chi connectivity index (χ1n) is 8.93. The van der Waals surface area contributed by atoms with Gasteiger partial charge in [0.15, 0.2) is 0 Å². The molecule has 1 heterocycles. The lowest BCUT2D eigenvalue weighted by Gasteiger charge is -2.37. The molecule has 0 saturated carbocycles. The number of nitriles is 1. The Morgan fingerprint density at radius 1 is 1.12 bits per heavy atom. The van der Waals surface area contributed by atoms with E-state index in [1.807, 2.05) is 44.2 Å². The molecule has 2 aromatic carbocycles. The third-order valence-electron chi connectivity index (χ3n) is 4.49. The van der Waals surface area contributed by atoms with Gasteiger partial charge in [0.2, 0.25) is 0 Å². The number of hydrogen-bond donors (Lipinski definition) is 1. The first-order valence-corrected chi connectivity index (χ1v) is 8.93. The van der Waals surface area contributed by atoms with Crippen molar-refractivity contribution in [2.45, 2.75) is 39.1 Å². The molecule has 1 aliphatic heterocycles. The standard InChI is InChI=1S/C21H24FN3O/c1-15-13-25(14-16(2)26-15)21-7-6-19(9-20(21)22)12-24-11-18-5-3-4-17(8-18)10-23/h3-9,15-16,24H,11-14H2,1-2H3/t15-,16+. The normalized spacial score (nSPS) is 20.0. The summed E-state index contributed by atoms with van der Waals surface area (Å²) in [5, 5.41) is 12.2. The van der Waals surface area contributed by atoms with Crippen LogP contribution in [0.5, 0.6) is 0 Å². The van der Waals surface area contributed by atoms with Gasteiger partial charge < -0.3 is 15.0 Å². The van der Waals surface area contributed by atoms with Crippen molar-refractivity contribution in [3.05, 3.63) is 65.0 Å². The second-order valence-electron chi connectivity index (χ2n) is 6.86. The number of ether oxygens (including phenoxy) is 1. The highest BCUT2D eigenvalue weighted by molar-refractivity contribution is 5.50. The van der Waals surface area contributed by atoms with Gasteiger partial charge in [0, 0.05) is 26.2 Å². The maximum absolute atomic E-state index is 14.6. The molecule has 2 atom stereocenters. The number of halogens is 1. The maximum Gasteiger partial charge on any atom is 0.146 e. The Balaban J connectivity index is 1.60. The molecule has 0 radical (unpaired) electrons. The number of rotatable bonds is 5. The largest absolute Gasteiger partial charge is 0.372 e. The third kappa shape index (κ3) is 4.60. The van der Waals surface area contributed by atoms with Crippen LogP contribution in [0.3, 0.4) is 0 Å². The Morgan fingerprint density at radius 2 is 1.81 bits per heavy atom. The van der Waals surface area contributed by atoms with Gasteiger partial charge in [-0.3, -0.25) is 0 Å².